The number of amides is 2. The summed E-state index contributed by atoms with van der Waals surface area (Å²) in [5, 5.41) is 2.98. The maximum atomic E-state index is 13.3. The van der Waals surface area contributed by atoms with E-state index in [1.807, 2.05) is 30.3 Å². The lowest BCUT2D eigenvalue weighted by atomic mass is 10.0. The van der Waals surface area contributed by atoms with E-state index in [0.717, 1.165) is 30.6 Å². The van der Waals surface area contributed by atoms with Gasteiger partial charge in [0.2, 0.25) is 11.8 Å². The molecule has 2 atom stereocenters. The maximum Gasteiger partial charge on any atom is 0.243 e. The van der Waals surface area contributed by atoms with Crippen molar-refractivity contribution in [3.63, 3.8) is 0 Å². The van der Waals surface area contributed by atoms with Crippen molar-refractivity contribution in [3.8, 4) is 0 Å². The predicted molar refractivity (Wildman–Crippen MR) is 113 cm³/mol. The van der Waals surface area contributed by atoms with E-state index in [2.05, 4.69) is 5.32 Å². The fourth-order valence-electron chi connectivity index (χ4n) is 3.68. The Kier molecular flexibility index (Phi) is 7.97. The summed E-state index contributed by atoms with van der Waals surface area (Å²) < 4.78 is 18.9. The third-order valence-electron chi connectivity index (χ3n) is 5.37. The molecule has 1 fully saturated rings. The van der Waals surface area contributed by atoms with Crippen LogP contribution < -0.4 is 5.32 Å². The molecule has 0 unspecified atom stereocenters. The molecule has 1 saturated heterocycles. The van der Waals surface area contributed by atoms with Gasteiger partial charge in [0, 0.05) is 32.5 Å². The van der Waals surface area contributed by atoms with E-state index in [1.54, 1.807) is 24.0 Å². The van der Waals surface area contributed by atoms with Crippen LogP contribution in [0.15, 0.2) is 54.6 Å². The van der Waals surface area contributed by atoms with E-state index >= 15 is 0 Å². The highest BCUT2D eigenvalue weighted by Crippen LogP contribution is 2.17. The first-order chi connectivity index (χ1) is 14.6. The molecular weight excluding hydrogens is 383 g/mol. The van der Waals surface area contributed by atoms with Crippen LogP contribution in [0.3, 0.4) is 0 Å². The molecule has 1 heterocycles. The molecular formula is C24H29FN2O3. The van der Waals surface area contributed by atoms with Gasteiger partial charge in [-0.1, -0.05) is 49.4 Å². The van der Waals surface area contributed by atoms with Crippen molar-refractivity contribution >= 4 is 11.8 Å². The first-order valence-electron chi connectivity index (χ1n) is 10.5. The number of carbonyl (C=O) groups excluding carboxylic acids is 2. The zero-order valence-corrected chi connectivity index (χ0v) is 17.4. The van der Waals surface area contributed by atoms with E-state index in [4.69, 9.17) is 4.74 Å². The van der Waals surface area contributed by atoms with E-state index in [1.165, 1.54) is 12.1 Å². The summed E-state index contributed by atoms with van der Waals surface area (Å²) in [6, 6.07) is 15.0. The smallest absolute Gasteiger partial charge is 0.243 e. The average Bonchev–Trinajstić information content (AvgIpc) is 3.29. The molecule has 30 heavy (non-hydrogen) atoms. The molecule has 2 aromatic carbocycles. The number of hydrogen-bond donors (Lipinski definition) is 1. The molecule has 160 valence electrons. The second kappa shape index (κ2) is 10.9. The number of hydrogen-bond acceptors (Lipinski definition) is 3. The Balaban J connectivity index is 1.81. The van der Waals surface area contributed by atoms with Crippen LogP contribution in [-0.2, 0) is 27.3 Å². The molecule has 2 aromatic rings. The minimum Gasteiger partial charge on any atom is -0.376 e. The van der Waals surface area contributed by atoms with Gasteiger partial charge in [0.15, 0.2) is 0 Å². The van der Waals surface area contributed by atoms with Gasteiger partial charge in [-0.25, -0.2) is 4.39 Å². The lowest BCUT2D eigenvalue weighted by Crippen LogP contribution is -2.51. The van der Waals surface area contributed by atoms with Gasteiger partial charge in [-0.05, 0) is 36.1 Å². The van der Waals surface area contributed by atoms with Crippen molar-refractivity contribution < 1.29 is 18.7 Å². The molecule has 1 aliphatic rings. The molecule has 0 spiro atoms. The molecule has 2 amide bonds. The third kappa shape index (κ3) is 6.13. The quantitative estimate of drug-likeness (QED) is 0.686. The van der Waals surface area contributed by atoms with Crippen LogP contribution in [0.4, 0.5) is 4.39 Å². The van der Waals surface area contributed by atoms with E-state index < -0.39 is 6.04 Å². The molecule has 0 bridgehead atoms. The summed E-state index contributed by atoms with van der Waals surface area (Å²) in [4.78, 5) is 27.6. The highest BCUT2D eigenvalue weighted by molar-refractivity contribution is 5.88. The third-order valence-corrected chi connectivity index (χ3v) is 5.37. The number of rotatable bonds is 9. The van der Waals surface area contributed by atoms with Crippen molar-refractivity contribution in [1.82, 2.24) is 10.2 Å². The van der Waals surface area contributed by atoms with Gasteiger partial charge in [0.05, 0.1) is 6.10 Å². The molecule has 0 aliphatic carbocycles. The minimum atomic E-state index is -0.661. The highest BCUT2D eigenvalue weighted by Gasteiger charge is 2.30. The van der Waals surface area contributed by atoms with E-state index in [9.17, 15) is 14.0 Å². The number of benzene rings is 2. The first kappa shape index (κ1) is 22.0. The molecule has 3 rings (SSSR count). The molecule has 1 aliphatic heterocycles. The van der Waals surface area contributed by atoms with E-state index in [-0.39, 0.29) is 36.7 Å². The van der Waals surface area contributed by atoms with Crippen LogP contribution >= 0.6 is 0 Å². The van der Waals surface area contributed by atoms with Crippen molar-refractivity contribution in [1.29, 1.82) is 0 Å². The summed E-state index contributed by atoms with van der Waals surface area (Å²) in [5.41, 5.74) is 1.76. The van der Waals surface area contributed by atoms with Gasteiger partial charge in [0.25, 0.3) is 0 Å². The summed E-state index contributed by atoms with van der Waals surface area (Å²) in [5.74, 6) is -0.645. The molecule has 1 N–H and O–H groups in total. The summed E-state index contributed by atoms with van der Waals surface area (Å²) in [7, 11) is 0. The number of ether oxygens (including phenoxy) is 1. The van der Waals surface area contributed by atoms with Crippen LogP contribution in [0.1, 0.15) is 37.3 Å². The van der Waals surface area contributed by atoms with Crippen molar-refractivity contribution in [2.24, 2.45) is 0 Å². The van der Waals surface area contributed by atoms with Gasteiger partial charge in [-0.15, -0.1) is 0 Å². The predicted octanol–water partition coefficient (Wildman–Crippen LogP) is 3.47. The van der Waals surface area contributed by atoms with Gasteiger partial charge in [-0.3, -0.25) is 9.59 Å². The number of halogens is 1. The lowest BCUT2D eigenvalue weighted by Gasteiger charge is -2.31. The SMILES string of the molecule is CCC(=O)N(Cc1ccc(F)cc1)[C@@H](Cc1ccccc1)C(=O)NC[C@H]1CCCO1. The summed E-state index contributed by atoms with van der Waals surface area (Å²) in [6.45, 7) is 3.19. The zero-order chi connectivity index (χ0) is 21.3. The normalized spacial score (nSPS) is 16.8. The highest BCUT2D eigenvalue weighted by atomic mass is 19.1. The zero-order valence-electron chi connectivity index (χ0n) is 17.4. The molecule has 0 aromatic heterocycles. The van der Waals surface area contributed by atoms with E-state index in [0.29, 0.717) is 13.0 Å². The minimum absolute atomic E-state index is 0.0266. The monoisotopic (exact) mass is 412 g/mol. The van der Waals surface area contributed by atoms with Crippen LogP contribution in [-0.4, -0.2) is 42.0 Å². The second-order valence-corrected chi connectivity index (χ2v) is 7.59. The number of carbonyl (C=O) groups is 2. The molecule has 0 saturated carbocycles. The van der Waals surface area contributed by atoms with Gasteiger partial charge < -0.3 is 15.0 Å². The van der Waals surface area contributed by atoms with Crippen LogP contribution in [0.2, 0.25) is 0 Å². The van der Waals surface area contributed by atoms with Crippen molar-refractivity contribution in [2.75, 3.05) is 13.2 Å². The Morgan fingerprint density at radius 1 is 1.13 bits per heavy atom. The van der Waals surface area contributed by atoms with Gasteiger partial charge in [-0.2, -0.15) is 0 Å². The Labute approximate surface area is 177 Å². The van der Waals surface area contributed by atoms with Crippen molar-refractivity contribution in [2.45, 2.75) is 51.3 Å². The maximum absolute atomic E-state index is 13.3. The Hall–Kier alpha value is -2.73. The Bertz CT molecular complexity index is 820. The van der Waals surface area contributed by atoms with Crippen LogP contribution in [0.25, 0.3) is 0 Å². The fraction of sp³-hybridized carbons (Fsp3) is 0.417. The second-order valence-electron chi connectivity index (χ2n) is 7.59. The number of nitrogens with zero attached hydrogens (tertiary/aromatic N) is 1. The summed E-state index contributed by atoms with van der Waals surface area (Å²) >= 11 is 0. The van der Waals surface area contributed by atoms with Crippen LogP contribution in [0.5, 0.6) is 0 Å². The Morgan fingerprint density at radius 3 is 2.50 bits per heavy atom. The largest absolute Gasteiger partial charge is 0.376 e. The molecule has 5 nitrogen and oxygen atoms in total. The van der Waals surface area contributed by atoms with Gasteiger partial charge in [0.1, 0.15) is 11.9 Å². The van der Waals surface area contributed by atoms with Gasteiger partial charge >= 0.3 is 0 Å². The number of nitrogens with one attached hydrogen (secondary N) is 1. The molecule has 6 heteroatoms. The first-order valence-corrected chi connectivity index (χ1v) is 10.5. The van der Waals surface area contributed by atoms with Crippen molar-refractivity contribution in [3.05, 3.63) is 71.5 Å². The fourth-order valence-corrected chi connectivity index (χ4v) is 3.68. The molecule has 0 radical (unpaired) electrons. The Morgan fingerprint density at radius 2 is 1.87 bits per heavy atom. The topological polar surface area (TPSA) is 58.6 Å². The van der Waals surface area contributed by atoms with Crippen LogP contribution in [0, 0.1) is 5.82 Å². The average molecular weight is 413 g/mol. The lowest BCUT2D eigenvalue weighted by molar-refractivity contribution is -0.141. The standard InChI is InChI=1S/C24H29FN2O3/c1-2-23(28)27(17-19-10-12-20(25)13-11-19)22(15-18-7-4-3-5-8-18)24(29)26-16-21-9-6-14-30-21/h3-5,7-8,10-13,21-22H,2,6,9,14-17H2,1H3,(H,26,29)/t21-,22+/m1/s1. The summed E-state index contributed by atoms with van der Waals surface area (Å²) in [6.07, 6.45) is 2.64.